The zero-order valence-corrected chi connectivity index (χ0v) is 21.6. The average Bonchev–Trinajstić information content (AvgIpc) is 3.28. The molecule has 0 bridgehead atoms. The topological polar surface area (TPSA) is 230 Å². The minimum atomic E-state index is -1.40. The number of rotatable bonds is 16. The third-order valence-electron chi connectivity index (χ3n) is 5.84. The number of thiol groups is 1. The van der Waals surface area contributed by atoms with Gasteiger partial charge in [-0.2, -0.15) is 12.6 Å². The highest BCUT2D eigenvalue weighted by Crippen LogP contribution is 2.19. The number of aliphatic carboxylic acids is 2. The molecule has 3 amide bonds. The molecule has 38 heavy (non-hydrogen) atoms. The van der Waals surface area contributed by atoms with Crippen LogP contribution in [0.1, 0.15) is 31.2 Å². The van der Waals surface area contributed by atoms with Crippen molar-refractivity contribution in [1.29, 1.82) is 0 Å². The molecule has 208 valence electrons. The number of carbonyl (C=O) groups is 5. The standard InChI is InChI=1S/C24H34N6O7S/c25-8-4-3-7-17(24(36)37)28-23(35)19(12-38)30-22(34)18(29-21(33)15(26)10-20(31)32)9-13-11-27-16-6-2-1-5-14(13)16/h1-2,5-6,11,15,17-19,27,38H,3-4,7-10,12,25-26H2,(H,28,35)(H,29,33)(H,30,34)(H,31,32)(H,36,37). The van der Waals surface area contributed by atoms with Gasteiger partial charge in [0, 0.05) is 29.3 Å². The third kappa shape index (κ3) is 9.04. The lowest BCUT2D eigenvalue weighted by Gasteiger charge is -2.24. The van der Waals surface area contributed by atoms with Gasteiger partial charge in [0.25, 0.3) is 0 Å². The second-order valence-corrected chi connectivity index (χ2v) is 9.12. The molecule has 4 atom stereocenters. The summed E-state index contributed by atoms with van der Waals surface area (Å²) in [4.78, 5) is 64.2. The van der Waals surface area contributed by atoms with Gasteiger partial charge in [-0.15, -0.1) is 0 Å². The van der Waals surface area contributed by atoms with Crippen LogP contribution >= 0.6 is 12.6 Å². The molecule has 1 aromatic heterocycles. The van der Waals surface area contributed by atoms with Gasteiger partial charge < -0.3 is 42.6 Å². The number of nitrogens with two attached hydrogens (primary N) is 2. The summed E-state index contributed by atoms with van der Waals surface area (Å²) in [5.74, 6) is -5.03. The second kappa shape index (κ2) is 15.0. The summed E-state index contributed by atoms with van der Waals surface area (Å²) < 4.78 is 0. The summed E-state index contributed by atoms with van der Waals surface area (Å²) in [5, 5.41) is 26.6. The highest BCUT2D eigenvalue weighted by atomic mass is 32.1. The molecule has 0 saturated heterocycles. The van der Waals surface area contributed by atoms with Crippen LogP contribution in [0.15, 0.2) is 30.5 Å². The molecule has 1 heterocycles. The van der Waals surface area contributed by atoms with E-state index in [0.717, 1.165) is 10.9 Å². The first-order valence-corrected chi connectivity index (χ1v) is 12.7. The van der Waals surface area contributed by atoms with Crippen molar-refractivity contribution in [2.45, 2.75) is 56.3 Å². The molecule has 0 saturated carbocycles. The van der Waals surface area contributed by atoms with Crippen LogP contribution in [0.2, 0.25) is 0 Å². The molecule has 13 nitrogen and oxygen atoms in total. The first kappa shape index (κ1) is 30.6. The fraction of sp³-hybridized carbons (Fsp3) is 0.458. The Balaban J connectivity index is 2.20. The van der Waals surface area contributed by atoms with Crippen molar-refractivity contribution in [2.75, 3.05) is 12.3 Å². The smallest absolute Gasteiger partial charge is 0.326 e. The minimum Gasteiger partial charge on any atom is -0.481 e. The summed E-state index contributed by atoms with van der Waals surface area (Å²) in [6, 6.07) is 2.29. The number of H-pyrrole nitrogens is 1. The first-order valence-electron chi connectivity index (χ1n) is 12.0. The molecule has 0 fully saturated rings. The fourth-order valence-electron chi connectivity index (χ4n) is 3.78. The molecular formula is C24H34N6O7S. The number of carboxylic acids is 2. The van der Waals surface area contributed by atoms with E-state index in [-0.39, 0.29) is 18.6 Å². The minimum absolute atomic E-state index is 0.000865. The van der Waals surface area contributed by atoms with Gasteiger partial charge in [-0.1, -0.05) is 18.2 Å². The van der Waals surface area contributed by atoms with Crippen molar-refractivity contribution in [1.82, 2.24) is 20.9 Å². The van der Waals surface area contributed by atoms with Crippen LogP contribution in [0.4, 0.5) is 0 Å². The van der Waals surface area contributed by atoms with E-state index in [0.29, 0.717) is 24.9 Å². The van der Waals surface area contributed by atoms with Crippen LogP contribution in [0, 0.1) is 0 Å². The molecule has 10 N–H and O–H groups in total. The molecule has 0 radical (unpaired) electrons. The number of hydrogen-bond donors (Lipinski definition) is 9. The van der Waals surface area contributed by atoms with Gasteiger partial charge >= 0.3 is 11.9 Å². The number of aromatic nitrogens is 1. The Kier molecular flexibility index (Phi) is 12.0. The zero-order valence-electron chi connectivity index (χ0n) is 20.7. The maximum Gasteiger partial charge on any atom is 0.326 e. The predicted octanol–water partition coefficient (Wildman–Crippen LogP) is -0.890. The second-order valence-electron chi connectivity index (χ2n) is 8.76. The van der Waals surface area contributed by atoms with Crippen LogP contribution in [0.25, 0.3) is 10.9 Å². The number of aromatic amines is 1. The Morgan fingerprint density at radius 3 is 2.18 bits per heavy atom. The van der Waals surface area contributed by atoms with Gasteiger partial charge in [-0.25, -0.2) is 4.79 Å². The van der Waals surface area contributed by atoms with E-state index in [9.17, 15) is 29.1 Å². The maximum atomic E-state index is 13.3. The van der Waals surface area contributed by atoms with Crippen molar-refractivity contribution >= 4 is 53.2 Å². The Morgan fingerprint density at radius 1 is 0.921 bits per heavy atom. The summed E-state index contributed by atoms with van der Waals surface area (Å²) in [7, 11) is 0. The van der Waals surface area contributed by atoms with Gasteiger partial charge in [-0.3, -0.25) is 19.2 Å². The largest absolute Gasteiger partial charge is 0.481 e. The van der Waals surface area contributed by atoms with Gasteiger partial charge in [0.1, 0.15) is 18.1 Å². The van der Waals surface area contributed by atoms with E-state index in [1.807, 2.05) is 24.3 Å². The van der Waals surface area contributed by atoms with Crippen LogP contribution in [0.5, 0.6) is 0 Å². The van der Waals surface area contributed by atoms with Crippen LogP contribution in [-0.4, -0.2) is 81.3 Å². The molecule has 0 aliphatic carbocycles. The van der Waals surface area contributed by atoms with Crippen LogP contribution in [0.3, 0.4) is 0 Å². The first-order chi connectivity index (χ1) is 18.1. The quantitative estimate of drug-likeness (QED) is 0.0931. The number of carboxylic acid groups (broad SMARTS) is 2. The molecule has 2 aromatic rings. The van der Waals surface area contributed by atoms with Crippen molar-refractivity contribution in [3.8, 4) is 0 Å². The number of amides is 3. The molecule has 2 rings (SSSR count). The Morgan fingerprint density at radius 2 is 1.55 bits per heavy atom. The van der Waals surface area contributed by atoms with Crippen molar-refractivity contribution in [3.05, 3.63) is 36.0 Å². The molecule has 0 aliphatic rings. The summed E-state index contributed by atoms with van der Waals surface area (Å²) in [6.07, 6.45) is 2.27. The highest BCUT2D eigenvalue weighted by Gasteiger charge is 2.30. The van der Waals surface area contributed by atoms with E-state index in [1.165, 1.54) is 0 Å². The summed E-state index contributed by atoms with van der Waals surface area (Å²) in [5.41, 5.74) is 12.6. The normalized spacial score (nSPS) is 14.2. The Bertz CT molecular complexity index is 1140. The summed E-state index contributed by atoms with van der Waals surface area (Å²) >= 11 is 4.12. The number of para-hydroxylation sites is 1. The lowest BCUT2D eigenvalue weighted by molar-refractivity contribution is -0.142. The van der Waals surface area contributed by atoms with E-state index in [4.69, 9.17) is 16.6 Å². The van der Waals surface area contributed by atoms with E-state index >= 15 is 0 Å². The molecule has 14 heteroatoms. The van der Waals surface area contributed by atoms with Gasteiger partial charge in [-0.05, 0) is 37.4 Å². The monoisotopic (exact) mass is 550 g/mol. The van der Waals surface area contributed by atoms with E-state index in [2.05, 4.69) is 33.6 Å². The lowest BCUT2D eigenvalue weighted by atomic mass is 10.0. The van der Waals surface area contributed by atoms with E-state index in [1.54, 1.807) is 6.20 Å². The number of fused-ring (bicyclic) bond motifs is 1. The maximum absolute atomic E-state index is 13.3. The molecule has 0 aliphatic heterocycles. The molecule has 0 spiro atoms. The Labute approximate surface area is 224 Å². The van der Waals surface area contributed by atoms with Crippen molar-refractivity contribution < 1.29 is 34.2 Å². The molecule has 1 aromatic carbocycles. The SMILES string of the molecule is NCCCCC(NC(=O)C(CS)NC(=O)C(Cc1c[nH]c2ccccc12)NC(=O)C(N)CC(=O)O)C(=O)O. The van der Waals surface area contributed by atoms with Crippen LogP contribution < -0.4 is 27.4 Å². The number of hydrogen-bond acceptors (Lipinski definition) is 8. The highest BCUT2D eigenvalue weighted by molar-refractivity contribution is 7.80. The van der Waals surface area contributed by atoms with Crippen molar-refractivity contribution in [3.63, 3.8) is 0 Å². The average molecular weight is 551 g/mol. The Hall–Kier alpha value is -3.62. The lowest BCUT2D eigenvalue weighted by Crippen LogP contribution is -2.58. The molecule has 4 unspecified atom stereocenters. The molecular weight excluding hydrogens is 516 g/mol. The zero-order chi connectivity index (χ0) is 28.2. The summed E-state index contributed by atoms with van der Waals surface area (Å²) in [6.45, 7) is 0.384. The van der Waals surface area contributed by atoms with E-state index < -0.39 is 60.2 Å². The number of carbonyl (C=O) groups excluding carboxylic acids is 3. The number of benzene rings is 1. The number of unbranched alkanes of at least 4 members (excludes halogenated alkanes) is 1. The van der Waals surface area contributed by atoms with Gasteiger partial charge in [0.2, 0.25) is 17.7 Å². The fourth-order valence-corrected chi connectivity index (χ4v) is 4.04. The van der Waals surface area contributed by atoms with Crippen LogP contribution in [-0.2, 0) is 30.4 Å². The predicted molar refractivity (Wildman–Crippen MR) is 142 cm³/mol. The van der Waals surface area contributed by atoms with Gasteiger partial charge in [0.15, 0.2) is 0 Å². The van der Waals surface area contributed by atoms with Crippen molar-refractivity contribution in [2.24, 2.45) is 11.5 Å². The number of nitrogens with one attached hydrogen (secondary N) is 4. The van der Waals surface area contributed by atoms with Gasteiger partial charge in [0.05, 0.1) is 12.5 Å². The third-order valence-corrected chi connectivity index (χ3v) is 6.21.